The van der Waals surface area contributed by atoms with Crippen molar-refractivity contribution in [1.82, 2.24) is 5.32 Å². The Balaban J connectivity index is 1.93. The monoisotopic (exact) mass is 287 g/mol. The number of carbonyl (C=O) groups is 3. The van der Waals surface area contributed by atoms with Gasteiger partial charge in [0, 0.05) is 17.4 Å². The molecule has 0 heterocycles. The van der Waals surface area contributed by atoms with E-state index in [9.17, 15) is 14.4 Å². The number of Topliss-reactive ketones (excluding diaryl/α,β-unsaturated/α-hetero) is 1. The van der Waals surface area contributed by atoms with Gasteiger partial charge in [0.05, 0.1) is 7.11 Å². The fourth-order valence-corrected chi connectivity index (χ4v) is 3.62. The Hall–Kier alpha value is -2.17. The number of carbonyl (C=O) groups excluding carboxylic acids is 3. The lowest BCUT2D eigenvalue weighted by molar-refractivity contribution is -0.155. The standard InChI is InChI=1S/C16H17NO4/c1-21-15(20)16(12-8-7-11(9-12)13(16)18)17-14(19)10-5-3-2-4-6-10/h2-6,11-12H,7-9H2,1H3,(H,17,19)/t11-,12+,16-/m0/s1. The summed E-state index contributed by atoms with van der Waals surface area (Å²) in [5.74, 6) is -1.55. The molecule has 0 saturated heterocycles. The molecule has 1 N–H and O–H groups in total. The quantitative estimate of drug-likeness (QED) is 0.672. The van der Waals surface area contributed by atoms with Crippen molar-refractivity contribution in [2.45, 2.75) is 24.8 Å². The first-order valence-electron chi connectivity index (χ1n) is 7.10. The predicted molar refractivity (Wildman–Crippen MR) is 74.5 cm³/mol. The number of ether oxygens (including phenoxy) is 1. The molecule has 2 aliphatic carbocycles. The van der Waals surface area contributed by atoms with Crippen molar-refractivity contribution < 1.29 is 19.1 Å². The summed E-state index contributed by atoms with van der Waals surface area (Å²) >= 11 is 0. The molecular weight excluding hydrogens is 270 g/mol. The first-order valence-corrected chi connectivity index (χ1v) is 7.10. The van der Waals surface area contributed by atoms with Crippen molar-refractivity contribution >= 4 is 17.7 Å². The first kappa shape index (κ1) is 13.8. The van der Waals surface area contributed by atoms with E-state index in [-0.39, 0.29) is 17.6 Å². The third-order valence-corrected chi connectivity index (χ3v) is 4.66. The molecule has 0 radical (unpaired) electrons. The number of nitrogens with one attached hydrogen (secondary N) is 1. The summed E-state index contributed by atoms with van der Waals surface area (Å²) in [5, 5.41) is 2.68. The maximum absolute atomic E-state index is 12.5. The van der Waals surface area contributed by atoms with Crippen molar-refractivity contribution in [3.63, 3.8) is 0 Å². The van der Waals surface area contributed by atoms with Crippen LogP contribution in [0.25, 0.3) is 0 Å². The highest BCUT2D eigenvalue weighted by Crippen LogP contribution is 2.48. The normalized spacial score (nSPS) is 30.2. The largest absolute Gasteiger partial charge is 0.467 e. The number of methoxy groups -OCH3 is 1. The molecule has 0 aliphatic heterocycles. The van der Waals surface area contributed by atoms with Crippen LogP contribution in [0.5, 0.6) is 0 Å². The van der Waals surface area contributed by atoms with E-state index in [1.165, 1.54) is 7.11 Å². The topological polar surface area (TPSA) is 72.5 Å². The summed E-state index contributed by atoms with van der Waals surface area (Å²) in [7, 11) is 1.25. The van der Waals surface area contributed by atoms with Crippen molar-refractivity contribution in [1.29, 1.82) is 0 Å². The van der Waals surface area contributed by atoms with E-state index in [2.05, 4.69) is 5.32 Å². The summed E-state index contributed by atoms with van der Waals surface area (Å²) in [5.41, 5.74) is -1.07. The van der Waals surface area contributed by atoms with Crippen molar-refractivity contribution in [2.75, 3.05) is 7.11 Å². The fourth-order valence-electron chi connectivity index (χ4n) is 3.62. The minimum atomic E-state index is -1.50. The van der Waals surface area contributed by atoms with E-state index in [4.69, 9.17) is 4.74 Å². The Morgan fingerprint density at radius 2 is 1.95 bits per heavy atom. The Bertz CT molecular complexity index is 598. The lowest BCUT2D eigenvalue weighted by Gasteiger charge is -2.34. The highest BCUT2D eigenvalue weighted by molar-refractivity contribution is 6.15. The lowest BCUT2D eigenvalue weighted by atomic mass is 9.79. The molecule has 1 aromatic rings. The number of fused-ring (bicyclic) bond motifs is 2. The molecule has 3 atom stereocenters. The van der Waals surface area contributed by atoms with E-state index >= 15 is 0 Å². The molecule has 2 fully saturated rings. The Labute approximate surface area is 122 Å². The number of amides is 1. The highest BCUT2D eigenvalue weighted by atomic mass is 16.5. The van der Waals surface area contributed by atoms with E-state index in [0.29, 0.717) is 12.0 Å². The molecular formula is C16H17NO4. The van der Waals surface area contributed by atoms with Gasteiger partial charge in [-0.25, -0.2) is 4.79 Å². The van der Waals surface area contributed by atoms with Gasteiger partial charge < -0.3 is 10.1 Å². The van der Waals surface area contributed by atoms with Gasteiger partial charge in [-0.15, -0.1) is 0 Å². The van der Waals surface area contributed by atoms with Crippen LogP contribution in [0.3, 0.4) is 0 Å². The maximum atomic E-state index is 12.5. The molecule has 1 aromatic carbocycles. The lowest BCUT2D eigenvalue weighted by Crippen LogP contribution is -2.63. The zero-order valence-electron chi connectivity index (χ0n) is 11.8. The summed E-state index contributed by atoms with van der Waals surface area (Å²) < 4.78 is 4.82. The van der Waals surface area contributed by atoms with E-state index in [1.807, 2.05) is 0 Å². The van der Waals surface area contributed by atoms with Gasteiger partial charge in [-0.3, -0.25) is 9.59 Å². The molecule has 0 aromatic heterocycles. The van der Waals surface area contributed by atoms with Crippen LogP contribution in [-0.4, -0.2) is 30.3 Å². The zero-order chi connectivity index (χ0) is 15.0. The van der Waals surface area contributed by atoms with Gasteiger partial charge in [0.1, 0.15) is 0 Å². The number of esters is 1. The fraction of sp³-hybridized carbons (Fsp3) is 0.438. The first-order chi connectivity index (χ1) is 10.1. The van der Waals surface area contributed by atoms with Gasteiger partial charge in [0.2, 0.25) is 5.54 Å². The number of benzene rings is 1. The van der Waals surface area contributed by atoms with Crippen LogP contribution in [0.4, 0.5) is 0 Å². The molecule has 5 nitrogen and oxygen atoms in total. The summed E-state index contributed by atoms with van der Waals surface area (Å²) in [4.78, 5) is 37.2. The van der Waals surface area contributed by atoms with Crippen LogP contribution in [-0.2, 0) is 14.3 Å². The second-order valence-corrected chi connectivity index (χ2v) is 5.69. The predicted octanol–water partition coefficient (Wildman–Crippen LogP) is 1.33. The molecule has 2 aliphatic rings. The molecule has 110 valence electrons. The third kappa shape index (κ3) is 1.95. The number of ketones is 1. The third-order valence-electron chi connectivity index (χ3n) is 4.66. The Morgan fingerprint density at radius 1 is 1.24 bits per heavy atom. The van der Waals surface area contributed by atoms with Crippen LogP contribution in [0.2, 0.25) is 0 Å². The van der Waals surface area contributed by atoms with Gasteiger partial charge in [0.15, 0.2) is 5.78 Å². The van der Waals surface area contributed by atoms with Crippen LogP contribution >= 0.6 is 0 Å². The van der Waals surface area contributed by atoms with E-state index < -0.39 is 17.4 Å². The van der Waals surface area contributed by atoms with Crippen LogP contribution in [0.15, 0.2) is 30.3 Å². The molecule has 21 heavy (non-hydrogen) atoms. The van der Waals surface area contributed by atoms with Crippen molar-refractivity contribution in [2.24, 2.45) is 11.8 Å². The van der Waals surface area contributed by atoms with Gasteiger partial charge >= 0.3 is 5.97 Å². The molecule has 2 bridgehead atoms. The molecule has 2 saturated carbocycles. The van der Waals surface area contributed by atoms with Crippen molar-refractivity contribution in [3.05, 3.63) is 35.9 Å². The second kappa shape index (κ2) is 4.98. The van der Waals surface area contributed by atoms with Gasteiger partial charge in [-0.05, 0) is 31.4 Å². The van der Waals surface area contributed by atoms with Crippen LogP contribution < -0.4 is 5.32 Å². The molecule has 3 rings (SSSR count). The summed E-state index contributed by atoms with van der Waals surface area (Å²) in [6.07, 6.45) is 2.22. The highest BCUT2D eigenvalue weighted by Gasteiger charge is 2.64. The average molecular weight is 287 g/mol. The average Bonchev–Trinajstić information content (AvgIpc) is 3.10. The summed E-state index contributed by atoms with van der Waals surface area (Å²) in [6, 6.07) is 8.58. The second-order valence-electron chi connectivity index (χ2n) is 5.69. The molecule has 5 heteroatoms. The van der Waals surface area contributed by atoms with Crippen molar-refractivity contribution in [3.8, 4) is 0 Å². The van der Waals surface area contributed by atoms with Crippen LogP contribution in [0.1, 0.15) is 29.6 Å². The minimum Gasteiger partial charge on any atom is -0.467 e. The number of hydrogen-bond acceptors (Lipinski definition) is 4. The van der Waals surface area contributed by atoms with Crippen LogP contribution in [0, 0.1) is 11.8 Å². The molecule has 0 spiro atoms. The SMILES string of the molecule is COC(=O)[C@@]1(NC(=O)c2ccccc2)C(=O)[C@H]2CC[C@@H]1C2. The number of hydrogen-bond donors (Lipinski definition) is 1. The summed E-state index contributed by atoms with van der Waals surface area (Å²) in [6.45, 7) is 0. The number of rotatable bonds is 3. The minimum absolute atomic E-state index is 0.134. The van der Waals surface area contributed by atoms with E-state index in [0.717, 1.165) is 12.8 Å². The Kier molecular flexibility index (Phi) is 3.27. The smallest absolute Gasteiger partial charge is 0.339 e. The zero-order valence-corrected chi connectivity index (χ0v) is 11.8. The molecule has 1 amide bonds. The Morgan fingerprint density at radius 3 is 2.52 bits per heavy atom. The van der Waals surface area contributed by atoms with Gasteiger partial charge in [0.25, 0.3) is 5.91 Å². The van der Waals surface area contributed by atoms with E-state index in [1.54, 1.807) is 30.3 Å². The molecule has 0 unspecified atom stereocenters. The van der Waals surface area contributed by atoms with Gasteiger partial charge in [-0.1, -0.05) is 18.2 Å². The maximum Gasteiger partial charge on any atom is 0.339 e. The van der Waals surface area contributed by atoms with Gasteiger partial charge in [-0.2, -0.15) is 0 Å².